The summed E-state index contributed by atoms with van der Waals surface area (Å²) in [4.78, 5) is 0. The van der Waals surface area contributed by atoms with Crippen molar-refractivity contribution < 1.29 is 0 Å². The molecule has 1 nitrogen and oxygen atoms in total. The van der Waals surface area contributed by atoms with Gasteiger partial charge in [0.15, 0.2) is 0 Å². The van der Waals surface area contributed by atoms with Gasteiger partial charge in [0.25, 0.3) is 0 Å². The number of hydrogen-bond acceptors (Lipinski definition) is 1. The molecule has 0 aliphatic heterocycles. The number of aryl methyl sites for hydroxylation is 1. The monoisotopic (exact) mass is 251 g/mol. The van der Waals surface area contributed by atoms with Crippen molar-refractivity contribution in [2.75, 3.05) is 5.32 Å². The summed E-state index contributed by atoms with van der Waals surface area (Å²) in [7, 11) is 0. The number of hydrogen-bond donors (Lipinski definition) is 1. The van der Waals surface area contributed by atoms with E-state index < -0.39 is 0 Å². The molecule has 17 heavy (non-hydrogen) atoms. The maximum Gasteiger partial charge on any atom is 0.0455 e. The second-order valence-electron chi connectivity index (χ2n) is 6.26. The first-order chi connectivity index (χ1) is 7.87. The molecule has 0 saturated heterocycles. The molecule has 0 bridgehead atoms. The first kappa shape index (κ1) is 12.8. The lowest BCUT2D eigenvalue weighted by molar-refractivity contribution is 0.366. The number of nitrogens with one attached hydrogen (secondary N) is 1. The van der Waals surface area contributed by atoms with Gasteiger partial charge in [0.1, 0.15) is 0 Å². The molecule has 0 spiro atoms. The Kier molecular flexibility index (Phi) is 3.40. The lowest BCUT2D eigenvalue weighted by atomic mass is 9.91. The minimum Gasteiger partial charge on any atom is -0.382 e. The van der Waals surface area contributed by atoms with E-state index in [-0.39, 0.29) is 0 Å². The fourth-order valence-corrected chi connectivity index (χ4v) is 3.16. The highest BCUT2D eigenvalue weighted by Crippen LogP contribution is 2.42. The van der Waals surface area contributed by atoms with Crippen LogP contribution in [0.5, 0.6) is 0 Å². The Labute approximate surface area is 110 Å². The third kappa shape index (κ3) is 2.95. The summed E-state index contributed by atoms with van der Waals surface area (Å²) in [5, 5.41) is 4.48. The van der Waals surface area contributed by atoms with Crippen molar-refractivity contribution in [3.63, 3.8) is 0 Å². The summed E-state index contributed by atoms with van der Waals surface area (Å²) in [6.07, 6.45) is 2.53. The van der Waals surface area contributed by atoms with Crippen molar-refractivity contribution in [2.45, 2.75) is 46.6 Å². The van der Waals surface area contributed by atoms with Crippen molar-refractivity contribution in [3.05, 3.63) is 28.8 Å². The van der Waals surface area contributed by atoms with Gasteiger partial charge in [-0.15, -0.1) is 0 Å². The summed E-state index contributed by atoms with van der Waals surface area (Å²) in [5.41, 5.74) is 2.75. The molecule has 1 N–H and O–H groups in total. The van der Waals surface area contributed by atoms with Gasteiger partial charge in [0.05, 0.1) is 0 Å². The normalized spacial score (nSPS) is 27.1. The minimum atomic E-state index is 0.464. The Morgan fingerprint density at radius 1 is 1.29 bits per heavy atom. The lowest BCUT2D eigenvalue weighted by Gasteiger charge is -2.20. The summed E-state index contributed by atoms with van der Waals surface area (Å²) >= 11 is 6.15. The third-order valence-corrected chi connectivity index (χ3v) is 4.27. The van der Waals surface area contributed by atoms with Crippen LogP contribution in [0.3, 0.4) is 0 Å². The van der Waals surface area contributed by atoms with Gasteiger partial charge in [-0.05, 0) is 48.8 Å². The van der Waals surface area contributed by atoms with E-state index >= 15 is 0 Å². The van der Waals surface area contributed by atoms with Crippen molar-refractivity contribution in [3.8, 4) is 0 Å². The lowest BCUT2D eigenvalue weighted by Crippen LogP contribution is -2.22. The van der Waals surface area contributed by atoms with Gasteiger partial charge in [-0.1, -0.05) is 38.4 Å². The molecule has 2 atom stereocenters. The minimum absolute atomic E-state index is 0.464. The molecule has 0 amide bonds. The van der Waals surface area contributed by atoms with Crippen LogP contribution >= 0.6 is 11.6 Å². The van der Waals surface area contributed by atoms with Crippen LogP contribution in [0.2, 0.25) is 5.02 Å². The zero-order valence-corrected chi connectivity index (χ0v) is 11.9. The summed E-state index contributed by atoms with van der Waals surface area (Å²) < 4.78 is 0. The molecular formula is C15H22ClN. The van der Waals surface area contributed by atoms with Crippen molar-refractivity contribution in [1.29, 1.82) is 0 Å². The van der Waals surface area contributed by atoms with Crippen LogP contribution < -0.4 is 5.32 Å². The largest absolute Gasteiger partial charge is 0.382 e. The van der Waals surface area contributed by atoms with E-state index in [1.165, 1.54) is 12.8 Å². The van der Waals surface area contributed by atoms with Crippen LogP contribution in [0.15, 0.2) is 18.2 Å². The average molecular weight is 252 g/mol. The molecule has 1 saturated carbocycles. The van der Waals surface area contributed by atoms with Crippen molar-refractivity contribution in [1.82, 2.24) is 0 Å². The van der Waals surface area contributed by atoms with Crippen molar-refractivity contribution >= 4 is 17.3 Å². The summed E-state index contributed by atoms with van der Waals surface area (Å²) in [5.74, 6) is 0.727. The maximum atomic E-state index is 6.15. The molecule has 1 aliphatic rings. The Morgan fingerprint density at radius 2 is 2.00 bits per heavy atom. The van der Waals surface area contributed by atoms with Gasteiger partial charge in [-0.2, -0.15) is 0 Å². The van der Waals surface area contributed by atoms with E-state index in [2.05, 4.69) is 38.2 Å². The van der Waals surface area contributed by atoms with E-state index in [4.69, 9.17) is 11.6 Å². The highest BCUT2D eigenvalue weighted by atomic mass is 35.5. The molecular weight excluding hydrogens is 230 g/mol. The van der Waals surface area contributed by atoms with Crippen LogP contribution in [-0.4, -0.2) is 6.04 Å². The van der Waals surface area contributed by atoms with Crippen molar-refractivity contribution in [2.24, 2.45) is 11.3 Å². The SMILES string of the molecule is Cc1ccc(NC2CC(C)(C)CC2C)cc1Cl. The Bertz CT molecular complexity index is 411. The molecule has 0 aromatic heterocycles. The molecule has 1 aromatic carbocycles. The Hall–Kier alpha value is -0.690. The van der Waals surface area contributed by atoms with Gasteiger partial charge >= 0.3 is 0 Å². The zero-order valence-electron chi connectivity index (χ0n) is 11.2. The van der Waals surface area contributed by atoms with Crippen LogP contribution in [-0.2, 0) is 0 Å². The van der Waals surface area contributed by atoms with E-state index in [0.717, 1.165) is 22.2 Å². The molecule has 0 heterocycles. The van der Waals surface area contributed by atoms with E-state index in [0.29, 0.717) is 11.5 Å². The molecule has 2 heteroatoms. The van der Waals surface area contributed by atoms with Gasteiger partial charge in [-0.3, -0.25) is 0 Å². The van der Waals surface area contributed by atoms with Crippen LogP contribution in [0.4, 0.5) is 5.69 Å². The Balaban J connectivity index is 2.08. The standard InChI is InChI=1S/C15H22ClN/c1-10-5-6-12(7-13(10)16)17-14-9-15(3,4)8-11(14)2/h5-7,11,14,17H,8-9H2,1-4H3. The zero-order chi connectivity index (χ0) is 12.6. The number of anilines is 1. The number of halogens is 1. The maximum absolute atomic E-state index is 6.15. The van der Waals surface area contributed by atoms with Crippen LogP contribution in [0.25, 0.3) is 0 Å². The van der Waals surface area contributed by atoms with E-state index in [1.807, 2.05) is 13.0 Å². The third-order valence-electron chi connectivity index (χ3n) is 3.86. The van der Waals surface area contributed by atoms with Gasteiger partial charge < -0.3 is 5.32 Å². The van der Waals surface area contributed by atoms with E-state index in [1.54, 1.807) is 0 Å². The fourth-order valence-electron chi connectivity index (χ4n) is 2.98. The topological polar surface area (TPSA) is 12.0 Å². The molecule has 94 valence electrons. The average Bonchev–Trinajstić information content (AvgIpc) is 2.46. The second kappa shape index (κ2) is 4.53. The number of benzene rings is 1. The molecule has 2 rings (SSSR count). The molecule has 1 aromatic rings. The van der Waals surface area contributed by atoms with E-state index in [9.17, 15) is 0 Å². The quantitative estimate of drug-likeness (QED) is 0.790. The van der Waals surface area contributed by atoms with Gasteiger partial charge in [0, 0.05) is 16.8 Å². The Morgan fingerprint density at radius 3 is 2.53 bits per heavy atom. The van der Waals surface area contributed by atoms with Crippen LogP contribution in [0.1, 0.15) is 39.2 Å². The predicted octanol–water partition coefficient (Wildman–Crippen LogP) is 4.89. The van der Waals surface area contributed by atoms with Gasteiger partial charge in [-0.25, -0.2) is 0 Å². The molecule has 0 radical (unpaired) electrons. The molecule has 2 unspecified atom stereocenters. The molecule has 1 fully saturated rings. The highest BCUT2D eigenvalue weighted by molar-refractivity contribution is 6.31. The van der Waals surface area contributed by atoms with Crippen LogP contribution in [0, 0.1) is 18.3 Å². The summed E-state index contributed by atoms with van der Waals surface area (Å²) in [6.45, 7) is 9.08. The number of rotatable bonds is 2. The smallest absolute Gasteiger partial charge is 0.0455 e. The highest BCUT2D eigenvalue weighted by Gasteiger charge is 2.36. The van der Waals surface area contributed by atoms with Gasteiger partial charge in [0.2, 0.25) is 0 Å². The molecule has 1 aliphatic carbocycles. The predicted molar refractivity (Wildman–Crippen MR) is 75.8 cm³/mol. The first-order valence-corrected chi connectivity index (χ1v) is 6.78. The second-order valence-corrected chi connectivity index (χ2v) is 6.67. The summed E-state index contributed by atoms with van der Waals surface area (Å²) in [6, 6.07) is 6.81. The first-order valence-electron chi connectivity index (χ1n) is 6.40. The fraction of sp³-hybridized carbons (Fsp3) is 0.600.